The Morgan fingerprint density at radius 2 is 1.28 bits per heavy atom. The molecule has 0 aliphatic carbocycles. The molecule has 3 rings (SSSR count). The summed E-state index contributed by atoms with van der Waals surface area (Å²) in [4.78, 5) is 22.9. The molecule has 0 unspecified atom stereocenters. The van der Waals surface area contributed by atoms with E-state index >= 15 is 0 Å². The second-order valence-corrected chi connectivity index (χ2v) is 10.1. The quantitative estimate of drug-likeness (QED) is 0.159. The van der Waals surface area contributed by atoms with Gasteiger partial charge in [-0.1, -0.05) is 83.3 Å². The number of cyclic esters (lactones) is 2. The average molecular weight is 592 g/mol. The fourth-order valence-electron chi connectivity index (χ4n) is 1.88. The summed E-state index contributed by atoms with van der Waals surface area (Å²) >= 11 is 4.55. The zero-order valence-electron chi connectivity index (χ0n) is 13.8. The fourth-order valence-corrected chi connectivity index (χ4v) is 1.88. The molecule has 0 spiro atoms. The van der Waals surface area contributed by atoms with Crippen molar-refractivity contribution in [2.24, 2.45) is 0 Å². The molecule has 0 saturated heterocycles. The van der Waals surface area contributed by atoms with E-state index in [1.807, 2.05) is 26.0 Å². The number of hydrogen-bond acceptors (Lipinski definition) is 5. The van der Waals surface area contributed by atoms with Gasteiger partial charge in [-0.05, 0) is 17.5 Å². The van der Waals surface area contributed by atoms with Gasteiger partial charge in [0.2, 0.25) is 0 Å². The Bertz CT molecular complexity index is 777. The van der Waals surface area contributed by atoms with Crippen molar-refractivity contribution >= 4 is 78.0 Å². The van der Waals surface area contributed by atoms with Crippen LogP contribution in [0.4, 0.5) is 0 Å². The van der Waals surface area contributed by atoms with Crippen LogP contribution in [0.5, 0.6) is 0 Å². The summed E-state index contributed by atoms with van der Waals surface area (Å²) in [5.41, 5.74) is 0.922. The largest absolute Gasteiger partial charge is 0.386 e. The number of hydrogen-bond donors (Lipinski definition) is 1. The van der Waals surface area contributed by atoms with E-state index < -0.39 is 22.1 Å². The van der Waals surface area contributed by atoms with Crippen molar-refractivity contribution in [1.82, 2.24) is 0 Å². The van der Waals surface area contributed by atoms with E-state index in [-0.39, 0.29) is 0 Å². The molecule has 0 saturated carbocycles. The number of halogens is 2. The van der Waals surface area contributed by atoms with Crippen LogP contribution in [0.15, 0.2) is 36.4 Å². The number of ether oxygens (including phenoxy) is 1. The molecule has 2 aromatic rings. The molecule has 9 heteroatoms. The van der Waals surface area contributed by atoms with Crippen molar-refractivity contribution in [3.8, 4) is 0 Å². The van der Waals surface area contributed by atoms with Gasteiger partial charge in [0.1, 0.15) is 0 Å². The van der Waals surface area contributed by atoms with Crippen LogP contribution in [0.3, 0.4) is 0 Å². The summed E-state index contributed by atoms with van der Waals surface area (Å²) in [7, 11) is -3.67. The first kappa shape index (κ1) is 24.2. The minimum absolute atomic E-state index is 0.461. The first-order chi connectivity index (χ1) is 11.7. The first-order valence-corrected chi connectivity index (χ1v) is 11.9. The normalized spacial score (nSPS) is 11.8. The zero-order valence-corrected chi connectivity index (χ0v) is 19.0. The van der Waals surface area contributed by atoms with Crippen LogP contribution in [0.1, 0.15) is 34.6 Å². The lowest BCUT2D eigenvalue weighted by molar-refractivity contribution is 0.0391. The minimum atomic E-state index is -3.67. The lowest BCUT2D eigenvalue weighted by Gasteiger charge is -2.14. The maximum absolute atomic E-state index is 11.4. The highest BCUT2D eigenvalue weighted by Crippen LogP contribution is 2.28. The van der Waals surface area contributed by atoms with E-state index in [2.05, 4.69) is 49.9 Å². The number of benzene rings is 2. The number of rotatable bonds is 0. The second-order valence-electron chi connectivity index (χ2n) is 4.22. The highest BCUT2D eigenvalue weighted by atomic mass is 127. The second kappa shape index (κ2) is 11.8. The third-order valence-electron chi connectivity index (χ3n) is 2.53. The molecular weight excluding hydrogens is 574 g/mol. The molecule has 1 heterocycles. The van der Waals surface area contributed by atoms with Gasteiger partial charge < -0.3 is 4.74 Å². The van der Waals surface area contributed by atoms with Crippen LogP contribution in [-0.2, 0) is 14.9 Å². The molecule has 1 N–H and O–H groups in total. The predicted molar refractivity (Wildman–Crippen MR) is 115 cm³/mol. The van der Waals surface area contributed by atoms with E-state index in [4.69, 9.17) is 4.55 Å². The Morgan fingerprint density at radius 1 is 0.960 bits per heavy atom. The van der Waals surface area contributed by atoms with Crippen LogP contribution >= 0.6 is 45.2 Å². The van der Waals surface area contributed by atoms with Crippen molar-refractivity contribution in [2.45, 2.75) is 13.8 Å². The fraction of sp³-hybridized carbons (Fsp3) is 0.250. The molecular formula is C16H18I2O6S. The third-order valence-corrected chi connectivity index (χ3v) is 2.53. The summed E-state index contributed by atoms with van der Waals surface area (Å²) in [6.07, 6.45) is 0.715. The van der Waals surface area contributed by atoms with Crippen LogP contribution in [0.2, 0.25) is 0 Å². The summed E-state index contributed by atoms with van der Waals surface area (Å²) in [6, 6.07) is 10.6. The molecule has 0 aromatic heterocycles. The lowest BCUT2D eigenvalue weighted by atomic mass is 9.97. The average Bonchev–Trinajstić information content (AvgIpc) is 2.53. The molecule has 6 nitrogen and oxygen atoms in total. The molecule has 138 valence electrons. The predicted octanol–water partition coefficient (Wildman–Crippen LogP) is 4.49. The smallest absolute Gasteiger partial charge is 0.346 e. The topological polar surface area (TPSA) is 97.7 Å². The van der Waals surface area contributed by atoms with Crippen LogP contribution in [0, 0.1) is 0 Å². The van der Waals surface area contributed by atoms with Crippen molar-refractivity contribution in [3.63, 3.8) is 0 Å². The van der Waals surface area contributed by atoms with Gasteiger partial charge in [-0.3, -0.25) is 4.55 Å². The van der Waals surface area contributed by atoms with Crippen LogP contribution in [-0.4, -0.2) is 33.6 Å². The summed E-state index contributed by atoms with van der Waals surface area (Å²) in [6.45, 7) is 4.00. The molecule has 0 amide bonds. The molecule has 0 fully saturated rings. The van der Waals surface area contributed by atoms with E-state index in [9.17, 15) is 18.0 Å². The highest BCUT2D eigenvalue weighted by molar-refractivity contribution is 14.2. The van der Waals surface area contributed by atoms with Crippen molar-refractivity contribution in [3.05, 3.63) is 47.5 Å². The Hall–Kier alpha value is -0.790. The van der Waals surface area contributed by atoms with E-state index in [1.165, 1.54) is 2.43 Å². The zero-order chi connectivity index (χ0) is 19.6. The Balaban J connectivity index is 0.000000488. The number of carbonyl (C=O) groups excluding carboxylic acids is 2. The Kier molecular flexibility index (Phi) is 11.4. The lowest BCUT2D eigenvalue weighted by Crippen LogP contribution is -2.19. The van der Waals surface area contributed by atoms with Gasteiger partial charge >= 0.3 is 11.9 Å². The molecule has 0 radical (unpaired) electrons. The van der Waals surface area contributed by atoms with Gasteiger partial charge in [-0.2, -0.15) is 8.42 Å². The van der Waals surface area contributed by atoms with Crippen LogP contribution < -0.4 is 0 Å². The highest BCUT2D eigenvalue weighted by Gasteiger charge is 2.26. The van der Waals surface area contributed by atoms with Crippen molar-refractivity contribution in [1.29, 1.82) is 0 Å². The van der Waals surface area contributed by atoms with Gasteiger partial charge in [0.15, 0.2) is 0 Å². The monoisotopic (exact) mass is 592 g/mol. The van der Waals surface area contributed by atoms with Crippen molar-refractivity contribution < 1.29 is 27.3 Å². The summed E-state index contributed by atoms with van der Waals surface area (Å²) in [5.74, 6) is -1.13. The number of alkyl halides is 2. The van der Waals surface area contributed by atoms with Gasteiger partial charge in [0.05, 0.1) is 19.8 Å². The standard InChI is InChI=1S/C12H6O3.C2H6.CH2I2.CH4O3S/c13-11-8-5-1-3-7-4-2-6-9(10(7)8)12(14)15-11;1-2;2-1-3;1-5(2,3)4/h1-6H;1-2H3;1H2;1H3,(H,2,3,4). The molecule has 0 bridgehead atoms. The van der Waals surface area contributed by atoms with Gasteiger partial charge in [-0.15, -0.1) is 0 Å². The Labute approximate surface area is 174 Å². The summed E-state index contributed by atoms with van der Waals surface area (Å²) in [5, 5.41) is 1.58. The third kappa shape index (κ3) is 8.42. The minimum Gasteiger partial charge on any atom is -0.386 e. The maximum Gasteiger partial charge on any atom is 0.346 e. The molecule has 2 aromatic carbocycles. The number of esters is 2. The maximum atomic E-state index is 11.4. The SMILES string of the molecule is CC.CS(=O)(=O)O.ICI.O=C1OC(=O)c2cccc3cccc1c23. The summed E-state index contributed by atoms with van der Waals surface area (Å²) < 4.78 is 31.7. The van der Waals surface area contributed by atoms with E-state index in [0.717, 1.165) is 5.39 Å². The van der Waals surface area contributed by atoms with Gasteiger partial charge in [-0.25, -0.2) is 9.59 Å². The Morgan fingerprint density at radius 3 is 1.60 bits per heavy atom. The van der Waals surface area contributed by atoms with Gasteiger partial charge in [0.25, 0.3) is 10.1 Å². The molecule has 0 atom stereocenters. The van der Waals surface area contributed by atoms with E-state index in [1.54, 1.807) is 24.3 Å². The molecule has 1 aliphatic rings. The van der Waals surface area contributed by atoms with E-state index in [0.29, 0.717) is 22.8 Å². The molecule has 25 heavy (non-hydrogen) atoms. The van der Waals surface area contributed by atoms with Crippen LogP contribution in [0.25, 0.3) is 10.8 Å². The van der Waals surface area contributed by atoms with Gasteiger partial charge in [0, 0.05) is 5.39 Å². The molecule has 1 aliphatic heterocycles. The van der Waals surface area contributed by atoms with Crippen molar-refractivity contribution in [2.75, 3.05) is 8.69 Å². The first-order valence-electron chi connectivity index (χ1n) is 7.01. The number of carbonyl (C=O) groups is 2.